The Bertz CT molecular complexity index is 2630. The topological polar surface area (TPSA) is 231 Å². The molecule has 0 spiro atoms. The smallest absolute Gasteiger partial charge is 0.463 e. The molecule has 16 nitrogen and oxygen atoms in total. The molecule has 113 heavy (non-hydrogen) atoms. The molecule has 650 valence electrons. The van der Waals surface area contributed by atoms with Crippen LogP contribution in [-0.2, 0) is 55.8 Å². The number of carbonyl (C=O) groups is 3. The molecule has 0 saturated carbocycles. The highest BCUT2D eigenvalue weighted by molar-refractivity contribution is 7.47. The first-order chi connectivity index (χ1) is 55.2. The summed E-state index contributed by atoms with van der Waals surface area (Å²) in [6, 6.07) is 0. The summed E-state index contributed by atoms with van der Waals surface area (Å²) < 4.78 is 61.4. The van der Waals surface area contributed by atoms with E-state index in [0.717, 1.165) is 173 Å². The van der Waals surface area contributed by atoms with Gasteiger partial charge in [0, 0.05) is 19.3 Å². The third-order valence-electron chi connectivity index (χ3n) is 19.0. The van der Waals surface area contributed by atoms with Crippen molar-refractivity contribution in [1.82, 2.24) is 0 Å². The monoisotopic (exact) mass is 1620 g/mol. The third kappa shape index (κ3) is 88.1. The summed E-state index contributed by atoms with van der Waals surface area (Å²) in [5.74, 6) is -1.59. The molecular formula is C95H164O16P2. The van der Waals surface area contributed by atoms with Gasteiger partial charge in [-0.1, -0.05) is 359 Å². The second-order valence-corrected chi connectivity index (χ2v) is 32.9. The molecule has 18 heteroatoms. The zero-order valence-electron chi connectivity index (χ0n) is 71.5. The van der Waals surface area contributed by atoms with E-state index in [0.29, 0.717) is 19.3 Å². The predicted octanol–water partition coefficient (Wildman–Crippen LogP) is 27.6. The normalized spacial score (nSPS) is 14.5. The van der Waals surface area contributed by atoms with Gasteiger partial charge in [0.25, 0.3) is 0 Å². The van der Waals surface area contributed by atoms with Crippen LogP contribution in [0.4, 0.5) is 0 Å². The van der Waals surface area contributed by atoms with Gasteiger partial charge in [0.2, 0.25) is 0 Å². The molecular weight excluding hydrogens is 1460 g/mol. The average Bonchev–Trinajstić information content (AvgIpc) is 0.902. The van der Waals surface area contributed by atoms with E-state index in [2.05, 4.69) is 167 Å². The highest BCUT2D eigenvalue weighted by Crippen LogP contribution is 2.45. The number of ether oxygens (including phenoxy) is 3. The van der Waals surface area contributed by atoms with E-state index in [4.69, 9.17) is 32.3 Å². The Morgan fingerprint density at radius 2 is 0.469 bits per heavy atom. The van der Waals surface area contributed by atoms with Crippen molar-refractivity contribution in [3.63, 3.8) is 0 Å². The van der Waals surface area contributed by atoms with Gasteiger partial charge in [-0.05, 0) is 148 Å². The Morgan fingerprint density at radius 3 is 0.743 bits per heavy atom. The summed E-state index contributed by atoms with van der Waals surface area (Å²) >= 11 is 0. The molecule has 0 bridgehead atoms. The lowest BCUT2D eigenvalue weighted by molar-refractivity contribution is -0.161. The number of phosphoric acid groups is 2. The Balaban J connectivity index is 4.50. The minimum Gasteiger partial charge on any atom is -0.463 e. The molecule has 4 N–H and O–H groups in total. The fourth-order valence-electron chi connectivity index (χ4n) is 12.2. The van der Waals surface area contributed by atoms with Crippen molar-refractivity contribution in [3.8, 4) is 0 Å². The molecule has 0 aromatic rings. The number of aliphatic hydroxyl groups is 2. The largest absolute Gasteiger partial charge is 0.472 e. The van der Waals surface area contributed by atoms with Gasteiger partial charge in [-0.15, -0.1) is 0 Å². The molecule has 5 atom stereocenters. The van der Waals surface area contributed by atoms with Gasteiger partial charge >= 0.3 is 33.6 Å². The SMILES string of the molecule is CC/C=C\C/C=C\C/C=C\C/C=C\C/C=C\CCCCCCCCCC(=O)OCC(COP(=O)(O)OCC(O)COP(=O)(O)OCC(O)COC(=O)CCCCCCCCCCCCCCCCCCCCC/C=C\C/C=C\C/C=C\C/C=C\CCCCC)OC(=O)CCCCCCCC/C=C\C/C=C\C/C=C\CCCCC. The zero-order valence-corrected chi connectivity index (χ0v) is 73.3. The van der Waals surface area contributed by atoms with Crippen LogP contribution in [0.25, 0.3) is 0 Å². The second kappa shape index (κ2) is 86.8. The molecule has 0 rings (SSSR count). The molecule has 0 fully saturated rings. The van der Waals surface area contributed by atoms with E-state index < -0.39 is 91.5 Å². The van der Waals surface area contributed by atoms with Crippen LogP contribution in [0, 0.1) is 0 Å². The average molecular weight is 1620 g/mol. The van der Waals surface area contributed by atoms with Crippen molar-refractivity contribution in [1.29, 1.82) is 0 Å². The number of unbranched alkanes of at least 4 members (excludes halogenated alkanes) is 38. The number of hydrogen-bond donors (Lipinski definition) is 4. The van der Waals surface area contributed by atoms with Crippen LogP contribution in [0.2, 0.25) is 0 Å². The summed E-state index contributed by atoms with van der Waals surface area (Å²) in [4.78, 5) is 58.9. The van der Waals surface area contributed by atoms with Crippen LogP contribution in [0.5, 0.6) is 0 Å². The lowest BCUT2D eigenvalue weighted by Gasteiger charge is -2.21. The first-order valence-electron chi connectivity index (χ1n) is 45.1. The zero-order chi connectivity index (χ0) is 82.2. The lowest BCUT2D eigenvalue weighted by Crippen LogP contribution is -2.30. The van der Waals surface area contributed by atoms with Crippen molar-refractivity contribution >= 4 is 33.6 Å². The number of carbonyl (C=O) groups excluding carboxylic acids is 3. The lowest BCUT2D eigenvalue weighted by atomic mass is 10.0. The fraction of sp³-hybridized carbons (Fsp3) is 0.716. The maximum atomic E-state index is 13.0. The fourth-order valence-corrected chi connectivity index (χ4v) is 13.8. The minimum atomic E-state index is -4.95. The number of phosphoric ester groups is 2. The van der Waals surface area contributed by atoms with Gasteiger partial charge < -0.3 is 34.2 Å². The van der Waals surface area contributed by atoms with Crippen molar-refractivity contribution in [3.05, 3.63) is 146 Å². The summed E-state index contributed by atoms with van der Waals surface area (Å²) in [7, 11) is -9.81. The molecule has 0 amide bonds. The Kier molecular flexibility index (Phi) is 83.3. The van der Waals surface area contributed by atoms with E-state index in [1.165, 1.54) is 148 Å². The van der Waals surface area contributed by atoms with E-state index in [9.17, 15) is 43.5 Å². The number of allylic oxidation sites excluding steroid dienone is 24. The first-order valence-corrected chi connectivity index (χ1v) is 48.1. The molecule has 0 aliphatic heterocycles. The van der Waals surface area contributed by atoms with Gasteiger partial charge in [-0.3, -0.25) is 32.5 Å². The van der Waals surface area contributed by atoms with Crippen LogP contribution in [0.15, 0.2) is 146 Å². The summed E-state index contributed by atoms with van der Waals surface area (Å²) in [6.45, 7) is 2.53. The van der Waals surface area contributed by atoms with Gasteiger partial charge in [0.05, 0.1) is 26.4 Å². The van der Waals surface area contributed by atoms with Crippen molar-refractivity contribution in [2.45, 2.75) is 399 Å². The third-order valence-corrected chi connectivity index (χ3v) is 20.9. The highest BCUT2D eigenvalue weighted by Gasteiger charge is 2.29. The van der Waals surface area contributed by atoms with Crippen LogP contribution in [-0.4, -0.2) is 95.9 Å². The quantitative estimate of drug-likeness (QED) is 0.0146. The molecule has 0 saturated heterocycles. The second-order valence-electron chi connectivity index (χ2n) is 30.0. The molecule has 0 aromatic heterocycles. The number of rotatable bonds is 85. The molecule has 0 aliphatic carbocycles. The molecule has 5 unspecified atom stereocenters. The van der Waals surface area contributed by atoms with Crippen LogP contribution < -0.4 is 0 Å². The van der Waals surface area contributed by atoms with E-state index in [1.807, 2.05) is 0 Å². The summed E-state index contributed by atoms with van der Waals surface area (Å²) in [5.41, 5.74) is 0. The number of esters is 3. The Morgan fingerprint density at radius 1 is 0.257 bits per heavy atom. The van der Waals surface area contributed by atoms with Gasteiger partial charge in [-0.25, -0.2) is 9.13 Å². The van der Waals surface area contributed by atoms with Gasteiger partial charge in [-0.2, -0.15) is 0 Å². The number of hydrogen-bond acceptors (Lipinski definition) is 14. The van der Waals surface area contributed by atoms with Crippen molar-refractivity contribution in [2.24, 2.45) is 0 Å². The van der Waals surface area contributed by atoms with Gasteiger partial charge in [0.1, 0.15) is 25.4 Å². The van der Waals surface area contributed by atoms with Crippen LogP contribution in [0.1, 0.15) is 380 Å². The van der Waals surface area contributed by atoms with Crippen LogP contribution >= 0.6 is 15.6 Å². The standard InChI is InChI=1S/C95H164O16P2/c1-4-7-10-13-16-19-22-25-28-31-34-36-38-39-40-41-42-43-44-45-46-47-48-49-51-53-55-57-60-63-66-69-72-75-78-81-93(98)105-84-90(96)85-107-112(101,102)108-86-91(97)87-109-113(103,104)110-89-92(111-95(100)83-80-77-74-71-68-65-62-59-54-33-30-27-24-21-18-15-12-9-6-3)88-106-94(99)82-79-76-73-70-67-64-61-58-56-52-50-37-35-32-29-26-23-20-17-14-11-8-5-2/h8,11,16-21,25-30,34-37,39-40,52,54,56,59,90-92,96-97H,4-7,9-10,12-15,22-24,31-33,38,41-51,53,55,57-58,60-89H2,1-3H3,(H,101,102)(H,103,104)/b11-8-,19-16-,20-17-,21-18-,28-25-,29-26-,30-27-,36-34-,37-35-,40-39-,56-52-,59-54-. The minimum absolute atomic E-state index is 0.0843. The molecule has 0 aliphatic rings. The first kappa shape index (κ1) is 108. The van der Waals surface area contributed by atoms with E-state index >= 15 is 0 Å². The summed E-state index contributed by atoms with van der Waals surface area (Å²) in [5, 5.41) is 20.7. The molecule has 0 aromatic carbocycles. The van der Waals surface area contributed by atoms with E-state index in [-0.39, 0.29) is 19.3 Å². The van der Waals surface area contributed by atoms with Crippen molar-refractivity contribution in [2.75, 3.05) is 39.6 Å². The Labute approximate surface area is 689 Å². The Hall–Kier alpha value is -4.57. The number of aliphatic hydroxyl groups excluding tert-OH is 2. The highest BCUT2D eigenvalue weighted by atomic mass is 31.2. The van der Waals surface area contributed by atoms with Crippen molar-refractivity contribution < 1.29 is 75.8 Å². The molecule has 0 heterocycles. The maximum absolute atomic E-state index is 13.0. The molecule has 0 radical (unpaired) electrons. The maximum Gasteiger partial charge on any atom is 0.472 e. The van der Waals surface area contributed by atoms with Gasteiger partial charge in [0.15, 0.2) is 6.10 Å². The predicted molar refractivity (Wildman–Crippen MR) is 473 cm³/mol. The van der Waals surface area contributed by atoms with Crippen LogP contribution in [0.3, 0.4) is 0 Å². The summed E-state index contributed by atoms with van der Waals surface area (Å²) in [6.07, 6.45) is 109. The van der Waals surface area contributed by atoms with E-state index in [1.54, 1.807) is 0 Å².